The van der Waals surface area contributed by atoms with Crippen LogP contribution in [0.15, 0.2) is 43.1 Å². The first-order valence-electron chi connectivity index (χ1n) is 11.4. The third-order valence-corrected chi connectivity index (χ3v) is 6.40. The van der Waals surface area contributed by atoms with E-state index in [1.807, 2.05) is 36.4 Å². The molecule has 0 aliphatic carbocycles. The minimum absolute atomic E-state index is 0.0795. The molecule has 9 heteroatoms. The molecule has 0 spiro atoms. The normalized spacial score (nSPS) is 15.5. The van der Waals surface area contributed by atoms with Crippen LogP contribution in [0.25, 0.3) is 22.0 Å². The molecule has 5 rings (SSSR count). The summed E-state index contributed by atoms with van der Waals surface area (Å²) in [6.45, 7) is 6.54. The minimum Gasteiger partial charge on any atom is -0.301 e. The van der Waals surface area contributed by atoms with Crippen molar-refractivity contribution in [1.82, 2.24) is 39.6 Å². The van der Waals surface area contributed by atoms with Crippen LogP contribution in [-0.4, -0.2) is 64.6 Å². The Bertz CT molecular complexity index is 1280. The van der Waals surface area contributed by atoms with Crippen LogP contribution >= 0.6 is 0 Å². The van der Waals surface area contributed by atoms with Gasteiger partial charge in [0.1, 0.15) is 5.69 Å². The second-order valence-electron chi connectivity index (χ2n) is 9.04. The summed E-state index contributed by atoms with van der Waals surface area (Å²) in [4.78, 5) is 24.3. The molecule has 0 amide bonds. The quantitative estimate of drug-likeness (QED) is 0.422. The highest BCUT2D eigenvalue weighted by Crippen LogP contribution is 2.24. The number of Topliss-reactive ketones (excluding diaryl/α,β-unsaturated/α-hetero) is 1. The van der Waals surface area contributed by atoms with Crippen LogP contribution in [0.5, 0.6) is 0 Å². The smallest absolute Gasteiger partial charge is 0.190 e. The number of pyridine rings is 2. The van der Waals surface area contributed by atoms with Crippen molar-refractivity contribution in [2.75, 3.05) is 13.1 Å². The van der Waals surface area contributed by atoms with Crippen molar-refractivity contribution in [1.29, 1.82) is 0 Å². The fourth-order valence-corrected chi connectivity index (χ4v) is 4.41. The number of hydrogen-bond acceptors (Lipinski definition) is 7. The first-order chi connectivity index (χ1) is 16.0. The third kappa shape index (κ3) is 4.54. The Morgan fingerprint density at radius 1 is 1.06 bits per heavy atom. The van der Waals surface area contributed by atoms with E-state index in [0.717, 1.165) is 48.0 Å². The van der Waals surface area contributed by atoms with E-state index < -0.39 is 0 Å². The number of nitrogens with zero attached hydrogens (tertiary/aromatic N) is 8. The Morgan fingerprint density at radius 2 is 1.88 bits per heavy atom. The maximum Gasteiger partial charge on any atom is 0.190 e. The van der Waals surface area contributed by atoms with Crippen molar-refractivity contribution in [3.8, 4) is 11.1 Å². The molecule has 33 heavy (non-hydrogen) atoms. The van der Waals surface area contributed by atoms with E-state index in [1.165, 1.54) is 0 Å². The second-order valence-corrected chi connectivity index (χ2v) is 9.04. The van der Waals surface area contributed by atoms with Crippen molar-refractivity contribution in [3.05, 3.63) is 54.5 Å². The van der Waals surface area contributed by atoms with Crippen molar-refractivity contribution >= 4 is 16.7 Å². The van der Waals surface area contributed by atoms with E-state index in [4.69, 9.17) is 0 Å². The number of ketones is 1. The van der Waals surface area contributed by atoms with E-state index in [1.54, 1.807) is 17.1 Å². The Balaban J connectivity index is 1.29. The zero-order valence-electron chi connectivity index (χ0n) is 19.2. The van der Waals surface area contributed by atoms with Crippen molar-refractivity contribution in [2.45, 2.75) is 45.2 Å². The number of piperidine rings is 1. The SMILES string of the molecule is CC(C)N1CCC(n2cc(C(=O)Cc3cc4cc(-c5cnn(C)c5)cnc4cn3)nn2)CC1. The van der Waals surface area contributed by atoms with Gasteiger partial charge in [-0.3, -0.25) is 19.4 Å². The fourth-order valence-electron chi connectivity index (χ4n) is 4.41. The molecule has 1 fully saturated rings. The molecule has 0 atom stereocenters. The number of likely N-dealkylation sites (tertiary alicyclic amines) is 1. The molecule has 170 valence electrons. The monoisotopic (exact) mass is 444 g/mol. The van der Waals surface area contributed by atoms with E-state index in [-0.39, 0.29) is 12.2 Å². The van der Waals surface area contributed by atoms with Gasteiger partial charge in [0.05, 0.1) is 36.6 Å². The Kier molecular flexibility index (Phi) is 5.72. The van der Waals surface area contributed by atoms with Gasteiger partial charge in [-0.1, -0.05) is 5.21 Å². The molecule has 0 N–H and O–H groups in total. The highest BCUT2D eigenvalue weighted by Gasteiger charge is 2.24. The zero-order chi connectivity index (χ0) is 22.9. The van der Waals surface area contributed by atoms with E-state index >= 15 is 0 Å². The van der Waals surface area contributed by atoms with Crippen LogP contribution in [0, 0.1) is 0 Å². The number of aryl methyl sites for hydroxylation is 1. The molecule has 0 aromatic carbocycles. The van der Waals surface area contributed by atoms with Gasteiger partial charge in [0.15, 0.2) is 5.78 Å². The summed E-state index contributed by atoms with van der Waals surface area (Å²) >= 11 is 0. The van der Waals surface area contributed by atoms with Gasteiger partial charge in [0.2, 0.25) is 0 Å². The van der Waals surface area contributed by atoms with Crippen molar-refractivity contribution in [2.24, 2.45) is 7.05 Å². The summed E-state index contributed by atoms with van der Waals surface area (Å²) in [7, 11) is 1.89. The molecule has 0 saturated carbocycles. The molecule has 4 aromatic rings. The topological polar surface area (TPSA) is 94.6 Å². The zero-order valence-corrected chi connectivity index (χ0v) is 19.2. The van der Waals surface area contributed by atoms with Gasteiger partial charge >= 0.3 is 0 Å². The number of rotatable bonds is 6. The van der Waals surface area contributed by atoms with E-state index in [2.05, 4.69) is 50.2 Å². The molecule has 4 aromatic heterocycles. The summed E-state index contributed by atoms with van der Waals surface area (Å²) in [6.07, 6.45) is 11.3. The number of hydrogen-bond donors (Lipinski definition) is 0. The van der Waals surface area contributed by atoms with E-state index in [0.29, 0.717) is 23.5 Å². The Labute approximate surface area is 192 Å². The number of aromatic nitrogens is 7. The van der Waals surface area contributed by atoms with Crippen molar-refractivity contribution in [3.63, 3.8) is 0 Å². The first kappa shape index (κ1) is 21.4. The lowest BCUT2D eigenvalue weighted by Crippen LogP contribution is -2.39. The number of carbonyl (C=O) groups is 1. The molecule has 0 radical (unpaired) electrons. The Hall–Kier alpha value is -3.46. The maximum absolute atomic E-state index is 12.9. The largest absolute Gasteiger partial charge is 0.301 e. The van der Waals surface area contributed by atoms with Gasteiger partial charge in [-0.15, -0.1) is 5.10 Å². The van der Waals surface area contributed by atoms with Gasteiger partial charge in [-0.2, -0.15) is 5.10 Å². The van der Waals surface area contributed by atoms with Gasteiger partial charge in [0, 0.05) is 60.8 Å². The molecular formula is C24H28N8O. The summed E-state index contributed by atoms with van der Waals surface area (Å²) in [5.41, 5.74) is 3.85. The maximum atomic E-state index is 12.9. The van der Waals surface area contributed by atoms with Gasteiger partial charge < -0.3 is 4.90 Å². The number of fused-ring (bicyclic) bond motifs is 1. The molecule has 9 nitrogen and oxygen atoms in total. The highest BCUT2D eigenvalue weighted by atomic mass is 16.1. The van der Waals surface area contributed by atoms with Gasteiger partial charge in [0.25, 0.3) is 0 Å². The fraction of sp³-hybridized carbons (Fsp3) is 0.417. The Morgan fingerprint density at radius 3 is 2.61 bits per heavy atom. The van der Waals surface area contributed by atoms with Crippen LogP contribution in [0.1, 0.15) is 48.9 Å². The molecule has 1 aliphatic heterocycles. The van der Waals surface area contributed by atoms with Crippen LogP contribution in [0.2, 0.25) is 0 Å². The average Bonchev–Trinajstić information content (AvgIpc) is 3.48. The molecule has 0 bridgehead atoms. The highest BCUT2D eigenvalue weighted by molar-refractivity contribution is 5.95. The lowest BCUT2D eigenvalue weighted by molar-refractivity contribution is 0.0987. The molecule has 1 aliphatic rings. The van der Waals surface area contributed by atoms with Crippen LogP contribution in [-0.2, 0) is 13.5 Å². The average molecular weight is 445 g/mol. The van der Waals surface area contributed by atoms with Crippen LogP contribution in [0.4, 0.5) is 0 Å². The number of carbonyl (C=O) groups excluding carboxylic acids is 1. The van der Waals surface area contributed by atoms with Gasteiger partial charge in [-0.05, 0) is 38.8 Å². The second kappa shape index (κ2) is 8.82. The third-order valence-electron chi connectivity index (χ3n) is 6.40. The summed E-state index contributed by atoms with van der Waals surface area (Å²) in [5.74, 6) is -0.0795. The first-order valence-corrected chi connectivity index (χ1v) is 11.4. The van der Waals surface area contributed by atoms with E-state index in [9.17, 15) is 4.79 Å². The van der Waals surface area contributed by atoms with Crippen molar-refractivity contribution < 1.29 is 4.79 Å². The molecular weight excluding hydrogens is 416 g/mol. The molecule has 1 saturated heterocycles. The molecule has 5 heterocycles. The standard InChI is InChI=1S/C24H28N8O/c1-16(2)31-6-4-21(5-7-31)32-15-23(28-29-32)24(33)10-20-9-17-8-18(11-26-22(17)13-25-20)19-12-27-30(3)14-19/h8-9,11-16,21H,4-7,10H2,1-3H3. The summed E-state index contributed by atoms with van der Waals surface area (Å²) < 4.78 is 3.62. The summed E-state index contributed by atoms with van der Waals surface area (Å²) in [5, 5.41) is 13.6. The predicted octanol–water partition coefficient (Wildman–Crippen LogP) is 3.09. The minimum atomic E-state index is -0.0795. The van der Waals surface area contributed by atoms with Gasteiger partial charge in [-0.25, -0.2) is 4.68 Å². The van der Waals surface area contributed by atoms with Crippen LogP contribution < -0.4 is 0 Å². The molecule has 0 unspecified atom stereocenters. The van der Waals surface area contributed by atoms with Crippen LogP contribution in [0.3, 0.4) is 0 Å². The predicted molar refractivity (Wildman–Crippen MR) is 125 cm³/mol. The lowest BCUT2D eigenvalue weighted by Gasteiger charge is -2.34. The summed E-state index contributed by atoms with van der Waals surface area (Å²) in [6, 6.07) is 4.83. The lowest BCUT2D eigenvalue weighted by atomic mass is 10.0.